The molecule has 0 aromatic carbocycles. The summed E-state index contributed by atoms with van der Waals surface area (Å²) in [4.78, 5) is 24.6. The Labute approximate surface area is 180 Å². The molecule has 2 rings (SSSR count). The maximum absolute atomic E-state index is 12.3. The van der Waals surface area contributed by atoms with E-state index in [9.17, 15) is 14.7 Å². The van der Waals surface area contributed by atoms with Gasteiger partial charge in [-0.05, 0) is 39.0 Å². The number of hydrogen-bond acceptors (Lipinski definition) is 7. The van der Waals surface area contributed by atoms with E-state index in [4.69, 9.17) is 18.9 Å². The van der Waals surface area contributed by atoms with E-state index in [1.165, 1.54) is 7.11 Å². The highest BCUT2D eigenvalue weighted by Crippen LogP contribution is 2.49. The molecule has 1 spiro atoms. The number of carbonyl (C=O) groups is 2. The second-order valence-electron chi connectivity index (χ2n) is 10.0. The fraction of sp³-hybridized carbons (Fsp3) is 0.909. The lowest BCUT2D eigenvalue weighted by atomic mass is 9.73. The molecule has 6 atom stereocenters. The van der Waals surface area contributed by atoms with Crippen LogP contribution in [0, 0.1) is 17.8 Å². The summed E-state index contributed by atoms with van der Waals surface area (Å²) in [7, 11) is 1.26. The number of rotatable bonds is 6. The molecule has 0 bridgehead atoms. The smallest absolute Gasteiger partial charge is 0.408 e. The summed E-state index contributed by atoms with van der Waals surface area (Å²) in [5.41, 5.74) is -0.696. The molecule has 1 heterocycles. The Morgan fingerprint density at radius 3 is 2.37 bits per heavy atom. The molecular weight excluding hydrogens is 390 g/mol. The molecule has 0 unspecified atom stereocenters. The molecule has 8 nitrogen and oxygen atoms in total. The van der Waals surface area contributed by atoms with Crippen molar-refractivity contribution in [3.05, 3.63) is 0 Å². The van der Waals surface area contributed by atoms with Crippen molar-refractivity contribution < 1.29 is 33.6 Å². The van der Waals surface area contributed by atoms with Crippen molar-refractivity contribution in [2.75, 3.05) is 13.7 Å². The summed E-state index contributed by atoms with van der Waals surface area (Å²) in [5.74, 6) is -0.389. The van der Waals surface area contributed by atoms with Crippen LogP contribution in [0.25, 0.3) is 0 Å². The van der Waals surface area contributed by atoms with Crippen molar-refractivity contribution in [2.24, 2.45) is 17.8 Å². The Morgan fingerprint density at radius 2 is 1.83 bits per heavy atom. The van der Waals surface area contributed by atoms with E-state index in [0.29, 0.717) is 11.8 Å². The van der Waals surface area contributed by atoms with Crippen LogP contribution in [0.1, 0.15) is 67.2 Å². The predicted octanol–water partition coefficient (Wildman–Crippen LogP) is 3.01. The summed E-state index contributed by atoms with van der Waals surface area (Å²) in [6.07, 6.45) is 1.11. The standard InChI is InChI=1S/C22H39NO7/c1-13(2)15-9-8-14(3)11-22(15)28-17(18(12-24)29-22)10-16(19(25)27-7)23-20(26)30-21(4,5)6/h13-18,24H,8-12H2,1-7H3,(H,23,26)/t14-,15+,16-,17-,18+,22-/m1/s1. The van der Waals surface area contributed by atoms with Crippen LogP contribution in [0.5, 0.6) is 0 Å². The van der Waals surface area contributed by atoms with Gasteiger partial charge in [-0.1, -0.05) is 27.2 Å². The minimum absolute atomic E-state index is 0.123. The van der Waals surface area contributed by atoms with Gasteiger partial charge < -0.3 is 29.4 Å². The SMILES string of the molecule is COC(=O)[C@@H](C[C@H]1O[C@]2(C[C@H](C)CC[C@H]2C(C)C)O[C@H]1CO)NC(=O)OC(C)(C)C. The minimum Gasteiger partial charge on any atom is -0.467 e. The molecule has 1 aliphatic carbocycles. The monoisotopic (exact) mass is 429 g/mol. The molecule has 1 aliphatic heterocycles. The topological polar surface area (TPSA) is 103 Å². The van der Waals surface area contributed by atoms with Crippen molar-refractivity contribution in [1.29, 1.82) is 0 Å². The maximum atomic E-state index is 12.3. The Kier molecular flexibility index (Phi) is 8.15. The van der Waals surface area contributed by atoms with Crippen LogP contribution >= 0.6 is 0 Å². The Bertz CT molecular complexity index is 603. The van der Waals surface area contributed by atoms with E-state index in [1.54, 1.807) is 20.8 Å². The molecule has 2 fully saturated rings. The molecular formula is C22H39NO7. The van der Waals surface area contributed by atoms with Gasteiger partial charge in [-0.2, -0.15) is 0 Å². The third-order valence-electron chi connectivity index (χ3n) is 5.91. The third-order valence-corrected chi connectivity index (χ3v) is 5.91. The summed E-state index contributed by atoms with van der Waals surface area (Å²) in [6.45, 7) is 11.5. The number of methoxy groups -OCH3 is 1. The van der Waals surface area contributed by atoms with E-state index in [1.807, 2.05) is 0 Å². The van der Waals surface area contributed by atoms with Gasteiger partial charge in [0.25, 0.3) is 0 Å². The quantitative estimate of drug-likeness (QED) is 0.626. The van der Waals surface area contributed by atoms with Crippen LogP contribution in [0.3, 0.4) is 0 Å². The number of amides is 1. The molecule has 2 aliphatic rings. The van der Waals surface area contributed by atoms with Crippen molar-refractivity contribution in [3.63, 3.8) is 0 Å². The molecule has 0 aromatic heterocycles. The van der Waals surface area contributed by atoms with E-state index < -0.39 is 41.7 Å². The van der Waals surface area contributed by atoms with Crippen molar-refractivity contribution in [3.8, 4) is 0 Å². The Balaban J connectivity index is 2.18. The number of aliphatic hydroxyl groups is 1. The maximum Gasteiger partial charge on any atom is 0.408 e. The number of carbonyl (C=O) groups excluding carboxylic acids is 2. The van der Waals surface area contributed by atoms with Gasteiger partial charge in [-0.15, -0.1) is 0 Å². The largest absolute Gasteiger partial charge is 0.467 e. The van der Waals surface area contributed by atoms with Crippen LogP contribution < -0.4 is 5.32 Å². The zero-order valence-electron chi connectivity index (χ0n) is 19.4. The van der Waals surface area contributed by atoms with Crippen molar-refractivity contribution >= 4 is 12.1 Å². The van der Waals surface area contributed by atoms with E-state index in [-0.39, 0.29) is 18.9 Å². The van der Waals surface area contributed by atoms with Crippen LogP contribution in [0.15, 0.2) is 0 Å². The second-order valence-corrected chi connectivity index (χ2v) is 10.0. The molecule has 0 aromatic rings. The van der Waals surface area contributed by atoms with Crippen LogP contribution in [0.4, 0.5) is 4.79 Å². The summed E-state index contributed by atoms with van der Waals surface area (Å²) in [5, 5.41) is 12.5. The third kappa shape index (κ3) is 6.08. The first-order valence-corrected chi connectivity index (χ1v) is 10.9. The first kappa shape index (κ1) is 24.9. The van der Waals surface area contributed by atoms with Gasteiger partial charge in [0.1, 0.15) is 17.7 Å². The molecule has 30 heavy (non-hydrogen) atoms. The molecule has 174 valence electrons. The van der Waals surface area contributed by atoms with Gasteiger partial charge in [0.15, 0.2) is 5.79 Å². The van der Waals surface area contributed by atoms with Gasteiger partial charge in [-0.25, -0.2) is 9.59 Å². The number of hydrogen-bond donors (Lipinski definition) is 2. The Hall–Kier alpha value is -1.38. The Morgan fingerprint density at radius 1 is 1.20 bits per heavy atom. The summed E-state index contributed by atoms with van der Waals surface area (Å²) in [6, 6.07) is -0.971. The molecule has 1 amide bonds. The average Bonchev–Trinajstić information content (AvgIpc) is 2.95. The van der Waals surface area contributed by atoms with Gasteiger partial charge in [0, 0.05) is 18.8 Å². The fourth-order valence-electron chi connectivity index (χ4n) is 4.62. The lowest BCUT2D eigenvalue weighted by molar-refractivity contribution is -0.246. The van der Waals surface area contributed by atoms with Gasteiger partial charge in [-0.3, -0.25) is 0 Å². The lowest BCUT2D eigenvalue weighted by Gasteiger charge is -2.44. The normalized spacial score (nSPS) is 32.8. The number of aliphatic hydroxyl groups excluding tert-OH is 1. The van der Waals surface area contributed by atoms with Crippen LogP contribution in [-0.4, -0.2) is 60.5 Å². The average molecular weight is 430 g/mol. The zero-order chi connectivity index (χ0) is 22.7. The molecule has 0 radical (unpaired) electrons. The van der Waals surface area contributed by atoms with Crippen LogP contribution in [-0.2, 0) is 23.7 Å². The number of alkyl carbamates (subject to hydrolysis) is 1. The van der Waals surface area contributed by atoms with E-state index >= 15 is 0 Å². The van der Waals surface area contributed by atoms with Crippen LogP contribution in [0.2, 0.25) is 0 Å². The van der Waals surface area contributed by atoms with E-state index in [2.05, 4.69) is 26.1 Å². The van der Waals surface area contributed by atoms with Crippen molar-refractivity contribution in [2.45, 2.75) is 96.9 Å². The van der Waals surface area contributed by atoms with Gasteiger partial charge >= 0.3 is 12.1 Å². The lowest BCUT2D eigenvalue weighted by Crippen LogP contribution is -2.48. The van der Waals surface area contributed by atoms with E-state index in [0.717, 1.165) is 19.3 Å². The number of nitrogens with one attached hydrogen (secondary N) is 1. The minimum atomic E-state index is -0.971. The molecule has 2 N–H and O–H groups in total. The molecule has 8 heteroatoms. The predicted molar refractivity (Wildman–Crippen MR) is 111 cm³/mol. The van der Waals surface area contributed by atoms with Gasteiger partial charge in [0.05, 0.1) is 19.8 Å². The molecule has 1 saturated carbocycles. The highest BCUT2D eigenvalue weighted by atomic mass is 16.8. The molecule has 1 saturated heterocycles. The first-order valence-electron chi connectivity index (χ1n) is 10.9. The second kappa shape index (κ2) is 9.83. The summed E-state index contributed by atoms with van der Waals surface area (Å²) < 4.78 is 22.9. The zero-order valence-corrected chi connectivity index (χ0v) is 19.4. The van der Waals surface area contributed by atoms with Crippen molar-refractivity contribution in [1.82, 2.24) is 5.32 Å². The highest BCUT2D eigenvalue weighted by molar-refractivity contribution is 5.81. The first-order chi connectivity index (χ1) is 13.9. The highest BCUT2D eigenvalue weighted by Gasteiger charge is 2.55. The summed E-state index contributed by atoms with van der Waals surface area (Å²) >= 11 is 0. The number of ether oxygens (including phenoxy) is 4. The van der Waals surface area contributed by atoms with Gasteiger partial charge in [0.2, 0.25) is 0 Å². The number of esters is 1. The fourth-order valence-corrected chi connectivity index (χ4v) is 4.62.